The molecule has 1 heterocycles. The first-order valence-corrected chi connectivity index (χ1v) is 6.73. The molecular formula is C14H18FN3O2. The lowest BCUT2D eigenvalue weighted by Crippen LogP contribution is -2.32. The van der Waals surface area contributed by atoms with Crippen LogP contribution in [0.15, 0.2) is 24.3 Å². The number of hydrogen-bond donors (Lipinski definition) is 2. The van der Waals surface area contributed by atoms with Crippen LogP contribution in [0.4, 0.5) is 14.9 Å². The number of anilines is 1. The van der Waals surface area contributed by atoms with Crippen molar-refractivity contribution in [2.75, 3.05) is 25.0 Å². The molecule has 1 aromatic rings. The SMILES string of the molecule is O=C(NCCCN1CCCC1=O)Nc1ccc(F)cc1. The van der Waals surface area contributed by atoms with Crippen LogP contribution in [0.5, 0.6) is 0 Å². The maximum absolute atomic E-state index is 12.7. The summed E-state index contributed by atoms with van der Waals surface area (Å²) in [6, 6.07) is 5.24. The number of hydrogen-bond acceptors (Lipinski definition) is 2. The van der Waals surface area contributed by atoms with Gasteiger partial charge in [0, 0.05) is 31.7 Å². The number of rotatable bonds is 5. The zero-order chi connectivity index (χ0) is 14.4. The highest BCUT2D eigenvalue weighted by atomic mass is 19.1. The van der Waals surface area contributed by atoms with E-state index in [0.717, 1.165) is 19.4 Å². The van der Waals surface area contributed by atoms with Crippen LogP contribution in [0.1, 0.15) is 19.3 Å². The summed E-state index contributed by atoms with van der Waals surface area (Å²) in [6.45, 7) is 1.99. The van der Waals surface area contributed by atoms with Crippen LogP contribution in [-0.2, 0) is 4.79 Å². The fraction of sp³-hybridized carbons (Fsp3) is 0.429. The van der Waals surface area contributed by atoms with Crippen LogP contribution >= 0.6 is 0 Å². The quantitative estimate of drug-likeness (QED) is 0.809. The molecule has 1 aliphatic heterocycles. The molecule has 1 aromatic carbocycles. The molecule has 3 amide bonds. The predicted octanol–water partition coefficient (Wildman–Crippen LogP) is 1.96. The Balaban J connectivity index is 1.62. The second-order valence-electron chi connectivity index (χ2n) is 4.73. The molecule has 6 heteroatoms. The topological polar surface area (TPSA) is 61.4 Å². The van der Waals surface area contributed by atoms with Crippen LogP contribution in [0.3, 0.4) is 0 Å². The minimum absolute atomic E-state index is 0.195. The zero-order valence-electron chi connectivity index (χ0n) is 11.2. The first kappa shape index (κ1) is 14.3. The van der Waals surface area contributed by atoms with Gasteiger partial charge in [-0.3, -0.25) is 4.79 Å². The standard InChI is InChI=1S/C14H18FN3O2/c15-11-4-6-12(7-5-11)17-14(20)16-8-2-10-18-9-1-3-13(18)19/h4-7H,1-3,8-10H2,(H2,16,17,20). The highest BCUT2D eigenvalue weighted by Gasteiger charge is 2.18. The summed E-state index contributed by atoms with van der Waals surface area (Å²) in [7, 11) is 0. The molecule has 0 atom stereocenters. The third-order valence-corrected chi connectivity index (χ3v) is 3.16. The first-order chi connectivity index (χ1) is 9.65. The number of amides is 3. The minimum atomic E-state index is -0.341. The number of carbonyl (C=O) groups is 2. The second kappa shape index (κ2) is 6.88. The molecule has 2 rings (SSSR count). The summed E-state index contributed by atoms with van der Waals surface area (Å²) in [4.78, 5) is 24.7. The molecule has 5 nitrogen and oxygen atoms in total. The number of carbonyl (C=O) groups excluding carboxylic acids is 2. The van der Waals surface area contributed by atoms with Crippen molar-refractivity contribution in [1.29, 1.82) is 0 Å². The summed E-state index contributed by atoms with van der Waals surface area (Å²) in [5.41, 5.74) is 0.540. The molecule has 0 aromatic heterocycles. The molecule has 0 bridgehead atoms. The smallest absolute Gasteiger partial charge is 0.319 e. The highest BCUT2D eigenvalue weighted by Crippen LogP contribution is 2.09. The molecule has 1 fully saturated rings. The molecule has 0 saturated carbocycles. The second-order valence-corrected chi connectivity index (χ2v) is 4.73. The average Bonchev–Trinajstić information content (AvgIpc) is 2.83. The van der Waals surface area contributed by atoms with E-state index in [2.05, 4.69) is 10.6 Å². The summed E-state index contributed by atoms with van der Waals surface area (Å²) < 4.78 is 12.7. The average molecular weight is 279 g/mol. The van der Waals surface area contributed by atoms with Gasteiger partial charge in [0.05, 0.1) is 0 Å². The van der Waals surface area contributed by atoms with E-state index in [-0.39, 0.29) is 17.8 Å². The Bertz CT molecular complexity index is 476. The Hall–Kier alpha value is -2.11. The number of likely N-dealkylation sites (tertiary alicyclic amines) is 1. The maximum atomic E-state index is 12.7. The van der Waals surface area contributed by atoms with Crippen molar-refractivity contribution in [1.82, 2.24) is 10.2 Å². The van der Waals surface area contributed by atoms with Crippen molar-refractivity contribution < 1.29 is 14.0 Å². The van der Waals surface area contributed by atoms with Gasteiger partial charge in [-0.15, -0.1) is 0 Å². The van der Waals surface area contributed by atoms with Gasteiger partial charge < -0.3 is 15.5 Å². The van der Waals surface area contributed by atoms with Crippen molar-refractivity contribution in [2.24, 2.45) is 0 Å². The van der Waals surface area contributed by atoms with E-state index in [1.807, 2.05) is 4.90 Å². The highest BCUT2D eigenvalue weighted by molar-refractivity contribution is 5.89. The van der Waals surface area contributed by atoms with Crippen LogP contribution < -0.4 is 10.6 Å². The Labute approximate surface area is 117 Å². The van der Waals surface area contributed by atoms with Crippen LogP contribution in [0.2, 0.25) is 0 Å². The Kier molecular flexibility index (Phi) is 4.92. The van der Waals surface area contributed by atoms with E-state index in [9.17, 15) is 14.0 Å². The number of nitrogens with one attached hydrogen (secondary N) is 2. The van der Waals surface area contributed by atoms with E-state index < -0.39 is 0 Å². The number of urea groups is 1. The van der Waals surface area contributed by atoms with E-state index in [0.29, 0.717) is 25.2 Å². The predicted molar refractivity (Wildman–Crippen MR) is 73.9 cm³/mol. The first-order valence-electron chi connectivity index (χ1n) is 6.73. The van der Waals surface area contributed by atoms with Gasteiger partial charge >= 0.3 is 6.03 Å². The lowest BCUT2D eigenvalue weighted by atomic mass is 10.3. The van der Waals surface area contributed by atoms with Gasteiger partial charge in [-0.25, -0.2) is 9.18 Å². The van der Waals surface area contributed by atoms with Gasteiger partial charge in [0.25, 0.3) is 0 Å². The van der Waals surface area contributed by atoms with Gasteiger partial charge in [0.15, 0.2) is 0 Å². The van der Waals surface area contributed by atoms with Crippen molar-refractivity contribution in [2.45, 2.75) is 19.3 Å². The third kappa shape index (κ3) is 4.22. The van der Waals surface area contributed by atoms with Gasteiger partial charge in [0.2, 0.25) is 5.91 Å². The van der Waals surface area contributed by atoms with Gasteiger partial charge in [-0.05, 0) is 37.1 Å². The number of nitrogens with zero attached hydrogens (tertiary/aromatic N) is 1. The zero-order valence-corrected chi connectivity index (χ0v) is 11.2. The van der Waals surface area contributed by atoms with Gasteiger partial charge in [-0.2, -0.15) is 0 Å². The van der Waals surface area contributed by atoms with E-state index in [1.165, 1.54) is 24.3 Å². The lowest BCUT2D eigenvalue weighted by molar-refractivity contribution is -0.127. The molecule has 2 N–H and O–H groups in total. The normalized spacial score (nSPS) is 14.4. The fourth-order valence-corrected chi connectivity index (χ4v) is 2.12. The molecule has 0 unspecified atom stereocenters. The number of benzene rings is 1. The van der Waals surface area contributed by atoms with Crippen molar-refractivity contribution >= 4 is 17.6 Å². The fourth-order valence-electron chi connectivity index (χ4n) is 2.12. The molecule has 0 spiro atoms. The van der Waals surface area contributed by atoms with Crippen LogP contribution in [0, 0.1) is 5.82 Å². The summed E-state index contributed by atoms with van der Waals surface area (Å²) in [5.74, 6) is -0.146. The Morgan fingerprint density at radius 1 is 1.30 bits per heavy atom. The van der Waals surface area contributed by atoms with Gasteiger partial charge in [0.1, 0.15) is 5.82 Å². The Morgan fingerprint density at radius 3 is 2.70 bits per heavy atom. The molecule has 1 aliphatic rings. The number of halogens is 1. The summed E-state index contributed by atoms with van der Waals surface area (Å²) >= 11 is 0. The van der Waals surface area contributed by atoms with Crippen molar-refractivity contribution in [3.8, 4) is 0 Å². The van der Waals surface area contributed by atoms with E-state index in [1.54, 1.807) is 0 Å². The monoisotopic (exact) mass is 279 g/mol. The van der Waals surface area contributed by atoms with Crippen LogP contribution in [-0.4, -0.2) is 36.5 Å². The molecule has 0 radical (unpaired) electrons. The molecule has 1 saturated heterocycles. The molecule has 108 valence electrons. The van der Waals surface area contributed by atoms with Crippen LogP contribution in [0.25, 0.3) is 0 Å². The molecular weight excluding hydrogens is 261 g/mol. The summed E-state index contributed by atoms with van der Waals surface area (Å²) in [5, 5.41) is 5.31. The van der Waals surface area contributed by atoms with Gasteiger partial charge in [-0.1, -0.05) is 0 Å². The Morgan fingerprint density at radius 2 is 2.05 bits per heavy atom. The minimum Gasteiger partial charge on any atom is -0.343 e. The van der Waals surface area contributed by atoms with E-state index in [4.69, 9.17) is 0 Å². The largest absolute Gasteiger partial charge is 0.343 e. The van der Waals surface area contributed by atoms with Crippen molar-refractivity contribution in [3.05, 3.63) is 30.1 Å². The molecule has 0 aliphatic carbocycles. The maximum Gasteiger partial charge on any atom is 0.319 e. The lowest BCUT2D eigenvalue weighted by Gasteiger charge is -2.15. The summed E-state index contributed by atoms with van der Waals surface area (Å²) in [6.07, 6.45) is 2.29. The molecule has 20 heavy (non-hydrogen) atoms. The third-order valence-electron chi connectivity index (χ3n) is 3.16. The van der Waals surface area contributed by atoms with E-state index >= 15 is 0 Å². The van der Waals surface area contributed by atoms with Crippen molar-refractivity contribution in [3.63, 3.8) is 0 Å².